The maximum atomic E-state index is 13.1. The normalized spacial score (nSPS) is 22.6. The van der Waals surface area contributed by atoms with Gasteiger partial charge in [-0.1, -0.05) is 18.7 Å². The fourth-order valence-corrected chi connectivity index (χ4v) is 4.19. The molecular weight excluding hydrogens is 374 g/mol. The number of hydrogen-bond acceptors (Lipinski definition) is 6. The number of carbonyl (C=O) groups excluding carboxylic acids is 1. The molecule has 0 unspecified atom stereocenters. The number of thioether (sulfide) groups is 1. The molecule has 0 radical (unpaired) electrons. The number of alkyl halides is 2. The number of nitrogens with one attached hydrogen (secondary N) is 1. The van der Waals surface area contributed by atoms with Gasteiger partial charge in [0.15, 0.2) is 5.17 Å². The van der Waals surface area contributed by atoms with Crippen LogP contribution in [-0.4, -0.2) is 31.1 Å². The standard InChI is InChI=1S/C17H20F2N6OS/c1-9-6-12(25(24-9)15(18)19)14(26)22-11-4-5-21-13(7-11)17(3)8-10(2)27-16(20)23-17/h4-7,10,15H,8H2,1-3H3,(H2,20,23)(H,21,22,26)/t10-,17+/m1/s1. The number of amidine groups is 1. The number of aliphatic imine (C=N–C) groups is 1. The van der Waals surface area contributed by atoms with E-state index in [2.05, 4.69) is 27.3 Å². The number of nitrogens with two attached hydrogens (primary N) is 1. The maximum absolute atomic E-state index is 13.1. The predicted molar refractivity (Wildman–Crippen MR) is 101 cm³/mol. The highest BCUT2D eigenvalue weighted by atomic mass is 32.2. The number of nitrogens with zero attached hydrogens (tertiary/aromatic N) is 4. The molecule has 1 amide bonds. The number of anilines is 1. The van der Waals surface area contributed by atoms with Crippen molar-refractivity contribution in [2.45, 2.75) is 44.5 Å². The quantitative estimate of drug-likeness (QED) is 0.829. The van der Waals surface area contributed by atoms with E-state index >= 15 is 0 Å². The van der Waals surface area contributed by atoms with E-state index in [-0.39, 0.29) is 10.9 Å². The minimum Gasteiger partial charge on any atom is -0.379 e. The minimum atomic E-state index is -2.90. The molecule has 0 aliphatic carbocycles. The van der Waals surface area contributed by atoms with Crippen LogP contribution in [0.1, 0.15) is 48.7 Å². The van der Waals surface area contributed by atoms with Crippen molar-refractivity contribution in [2.75, 3.05) is 5.32 Å². The zero-order valence-corrected chi connectivity index (χ0v) is 15.9. The van der Waals surface area contributed by atoms with Crippen LogP contribution in [0.4, 0.5) is 14.5 Å². The van der Waals surface area contributed by atoms with Crippen LogP contribution in [0.5, 0.6) is 0 Å². The Kier molecular flexibility index (Phi) is 5.18. The number of rotatable bonds is 4. The Hall–Kier alpha value is -2.49. The van der Waals surface area contributed by atoms with E-state index < -0.39 is 18.0 Å². The molecule has 2 aromatic heterocycles. The molecular formula is C17H20F2N6OS. The summed E-state index contributed by atoms with van der Waals surface area (Å²) in [5.41, 5.74) is 6.51. The van der Waals surface area contributed by atoms with Gasteiger partial charge in [-0.15, -0.1) is 0 Å². The van der Waals surface area contributed by atoms with Crippen molar-refractivity contribution in [3.8, 4) is 0 Å². The maximum Gasteiger partial charge on any atom is 0.333 e. The minimum absolute atomic E-state index is 0.211. The van der Waals surface area contributed by atoms with E-state index in [4.69, 9.17) is 5.73 Å². The Bertz CT molecular complexity index is 899. The summed E-state index contributed by atoms with van der Waals surface area (Å²) in [5.74, 6) is -0.672. The molecule has 2 atom stereocenters. The van der Waals surface area contributed by atoms with Crippen molar-refractivity contribution in [1.29, 1.82) is 0 Å². The van der Waals surface area contributed by atoms with Crippen molar-refractivity contribution < 1.29 is 13.6 Å². The van der Waals surface area contributed by atoms with Crippen molar-refractivity contribution in [3.05, 3.63) is 41.5 Å². The molecule has 2 aromatic rings. The van der Waals surface area contributed by atoms with Gasteiger partial charge in [-0.3, -0.25) is 9.78 Å². The van der Waals surface area contributed by atoms with Gasteiger partial charge < -0.3 is 11.1 Å². The lowest BCUT2D eigenvalue weighted by Crippen LogP contribution is -2.33. The summed E-state index contributed by atoms with van der Waals surface area (Å²) in [6.45, 7) is 2.64. The molecule has 0 spiro atoms. The molecule has 3 N–H and O–H groups in total. The van der Waals surface area contributed by atoms with Gasteiger partial charge in [0.1, 0.15) is 11.2 Å². The molecule has 0 fully saturated rings. The number of pyridine rings is 1. The van der Waals surface area contributed by atoms with Gasteiger partial charge in [0.25, 0.3) is 5.91 Å². The average molecular weight is 394 g/mol. The highest BCUT2D eigenvalue weighted by Gasteiger charge is 2.34. The average Bonchev–Trinajstić information content (AvgIpc) is 2.96. The first kappa shape index (κ1) is 19.3. The van der Waals surface area contributed by atoms with Crippen LogP contribution in [0.2, 0.25) is 0 Å². The molecule has 7 nitrogen and oxygen atoms in total. The van der Waals surface area contributed by atoms with E-state index in [1.165, 1.54) is 17.8 Å². The van der Waals surface area contributed by atoms with Gasteiger partial charge in [0.05, 0.1) is 11.4 Å². The Labute approximate surface area is 159 Å². The van der Waals surface area contributed by atoms with Crippen LogP contribution >= 0.6 is 11.8 Å². The zero-order chi connectivity index (χ0) is 19.8. The molecule has 10 heteroatoms. The topological polar surface area (TPSA) is 98.2 Å². The summed E-state index contributed by atoms with van der Waals surface area (Å²) in [7, 11) is 0. The monoisotopic (exact) mass is 394 g/mol. The van der Waals surface area contributed by atoms with E-state index in [9.17, 15) is 13.6 Å². The zero-order valence-electron chi connectivity index (χ0n) is 15.1. The van der Waals surface area contributed by atoms with Crippen LogP contribution in [0.15, 0.2) is 29.4 Å². The van der Waals surface area contributed by atoms with Gasteiger partial charge in [-0.05, 0) is 38.5 Å². The highest BCUT2D eigenvalue weighted by molar-refractivity contribution is 8.14. The molecule has 144 valence electrons. The molecule has 27 heavy (non-hydrogen) atoms. The summed E-state index contributed by atoms with van der Waals surface area (Å²) in [6, 6.07) is 4.60. The summed E-state index contributed by atoms with van der Waals surface area (Å²) in [4.78, 5) is 21.3. The number of amides is 1. The molecule has 3 heterocycles. The summed E-state index contributed by atoms with van der Waals surface area (Å²) < 4.78 is 26.5. The number of aromatic nitrogens is 3. The molecule has 0 bridgehead atoms. The van der Waals surface area contributed by atoms with E-state index in [0.29, 0.717) is 26.9 Å². The third-order valence-corrected chi connectivity index (χ3v) is 5.11. The van der Waals surface area contributed by atoms with Gasteiger partial charge in [0, 0.05) is 17.1 Å². The first-order chi connectivity index (χ1) is 12.7. The summed E-state index contributed by atoms with van der Waals surface area (Å²) in [6.07, 6.45) is 2.28. The van der Waals surface area contributed by atoms with Gasteiger partial charge in [-0.25, -0.2) is 4.99 Å². The van der Waals surface area contributed by atoms with E-state index in [0.717, 1.165) is 6.42 Å². The van der Waals surface area contributed by atoms with Gasteiger partial charge in [-0.2, -0.15) is 18.6 Å². The number of halogens is 2. The Balaban J connectivity index is 1.87. The molecule has 0 saturated heterocycles. The van der Waals surface area contributed by atoms with Crippen LogP contribution in [0.3, 0.4) is 0 Å². The largest absolute Gasteiger partial charge is 0.379 e. The summed E-state index contributed by atoms with van der Waals surface area (Å²) >= 11 is 1.51. The Morgan fingerprint density at radius 1 is 1.48 bits per heavy atom. The Morgan fingerprint density at radius 2 is 2.22 bits per heavy atom. The Morgan fingerprint density at radius 3 is 2.89 bits per heavy atom. The smallest absolute Gasteiger partial charge is 0.333 e. The second-order valence-electron chi connectivity index (χ2n) is 6.63. The lowest BCUT2D eigenvalue weighted by atomic mass is 9.91. The second-order valence-corrected chi connectivity index (χ2v) is 8.09. The fraction of sp³-hybridized carbons (Fsp3) is 0.412. The second kappa shape index (κ2) is 7.26. The lowest BCUT2D eigenvalue weighted by molar-refractivity contribution is 0.0518. The van der Waals surface area contributed by atoms with Crippen LogP contribution < -0.4 is 11.1 Å². The first-order valence-corrected chi connectivity index (χ1v) is 9.20. The van der Waals surface area contributed by atoms with E-state index in [1.54, 1.807) is 25.3 Å². The van der Waals surface area contributed by atoms with Crippen molar-refractivity contribution in [2.24, 2.45) is 10.7 Å². The van der Waals surface area contributed by atoms with Crippen LogP contribution in [0.25, 0.3) is 0 Å². The number of hydrogen-bond donors (Lipinski definition) is 2. The van der Waals surface area contributed by atoms with Gasteiger partial charge >= 0.3 is 6.55 Å². The van der Waals surface area contributed by atoms with Crippen molar-refractivity contribution >= 4 is 28.5 Å². The molecule has 0 aromatic carbocycles. The van der Waals surface area contributed by atoms with Crippen molar-refractivity contribution in [3.63, 3.8) is 0 Å². The molecule has 1 aliphatic heterocycles. The third kappa shape index (κ3) is 4.10. The molecule has 3 rings (SSSR count). The summed E-state index contributed by atoms with van der Waals surface area (Å²) in [5, 5.41) is 7.04. The fourth-order valence-electron chi connectivity index (χ4n) is 3.12. The number of carbonyl (C=O) groups is 1. The van der Waals surface area contributed by atoms with Crippen LogP contribution in [-0.2, 0) is 5.54 Å². The molecule has 0 saturated carbocycles. The SMILES string of the molecule is Cc1cc(C(=O)Nc2ccnc([C@]3(C)C[C@@H](C)SC(N)=N3)c2)n(C(F)F)n1. The lowest BCUT2D eigenvalue weighted by Gasteiger charge is -2.32. The molecule has 1 aliphatic rings. The van der Waals surface area contributed by atoms with E-state index in [1.807, 2.05) is 6.92 Å². The van der Waals surface area contributed by atoms with Crippen LogP contribution in [0, 0.1) is 6.92 Å². The third-order valence-electron chi connectivity index (χ3n) is 4.21. The first-order valence-electron chi connectivity index (χ1n) is 8.32. The predicted octanol–water partition coefficient (Wildman–Crippen LogP) is 3.29. The van der Waals surface area contributed by atoms with Crippen molar-refractivity contribution in [1.82, 2.24) is 14.8 Å². The number of aryl methyl sites for hydroxylation is 1. The highest BCUT2D eigenvalue weighted by Crippen LogP contribution is 2.38. The van der Waals surface area contributed by atoms with Gasteiger partial charge in [0.2, 0.25) is 0 Å².